The van der Waals surface area contributed by atoms with E-state index in [1.807, 2.05) is 0 Å². The molecule has 0 saturated carbocycles. The number of nitrogen functional groups attached to an aromatic ring is 1. The SMILES string of the molecule is CCCc1c(N)ncnc1Nc1ccc(F)c(C)c1. The van der Waals surface area contributed by atoms with Crippen molar-refractivity contribution >= 4 is 17.3 Å². The van der Waals surface area contributed by atoms with Crippen molar-refractivity contribution in [3.8, 4) is 0 Å². The van der Waals surface area contributed by atoms with E-state index in [1.54, 1.807) is 19.1 Å². The number of nitrogens with two attached hydrogens (primary N) is 1. The zero-order valence-electron chi connectivity index (χ0n) is 11.1. The molecule has 0 radical (unpaired) electrons. The molecule has 0 aliphatic rings. The normalized spacial score (nSPS) is 10.5. The third kappa shape index (κ3) is 2.99. The zero-order chi connectivity index (χ0) is 13.8. The standard InChI is InChI=1S/C14H17FN4/c1-3-4-11-13(16)17-8-18-14(11)19-10-5-6-12(15)9(2)7-10/h5-8H,3-4H2,1-2H3,(H3,16,17,18,19). The fourth-order valence-electron chi connectivity index (χ4n) is 1.89. The molecule has 0 amide bonds. The molecule has 0 atom stereocenters. The fourth-order valence-corrected chi connectivity index (χ4v) is 1.89. The Balaban J connectivity index is 2.32. The second-order valence-electron chi connectivity index (χ2n) is 4.43. The first kappa shape index (κ1) is 13.3. The van der Waals surface area contributed by atoms with Crippen LogP contribution in [0.15, 0.2) is 24.5 Å². The summed E-state index contributed by atoms with van der Waals surface area (Å²) in [5.74, 6) is 0.945. The topological polar surface area (TPSA) is 63.8 Å². The summed E-state index contributed by atoms with van der Waals surface area (Å²) in [6.45, 7) is 3.79. The Morgan fingerprint density at radius 3 is 2.79 bits per heavy atom. The van der Waals surface area contributed by atoms with Crippen molar-refractivity contribution in [3.05, 3.63) is 41.5 Å². The summed E-state index contributed by atoms with van der Waals surface area (Å²) in [6, 6.07) is 4.85. The number of rotatable bonds is 4. The lowest BCUT2D eigenvalue weighted by atomic mass is 10.1. The average Bonchev–Trinajstić information content (AvgIpc) is 2.38. The minimum atomic E-state index is -0.221. The molecule has 19 heavy (non-hydrogen) atoms. The highest BCUT2D eigenvalue weighted by atomic mass is 19.1. The summed E-state index contributed by atoms with van der Waals surface area (Å²) in [5, 5.41) is 3.17. The van der Waals surface area contributed by atoms with Crippen molar-refractivity contribution in [1.82, 2.24) is 9.97 Å². The largest absolute Gasteiger partial charge is 0.383 e. The minimum Gasteiger partial charge on any atom is -0.383 e. The summed E-state index contributed by atoms with van der Waals surface area (Å²) in [6.07, 6.45) is 3.18. The Hall–Kier alpha value is -2.17. The van der Waals surface area contributed by atoms with Gasteiger partial charge in [0, 0.05) is 11.3 Å². The molecular weight excluding hydrogens is 243 g/mol. The highest BCUT2D eigenvalue weighted by Crippen LogP contribution is 2.24. The fraction of sp³-hybridized carbons (Fsp3) is 0.286. The Kier molecular flexibility index (Phi) is 3.94. The highest BCUT2D eigenvalue weighted by Gasteiger charge is 2.09. The van der Waals surface area contributed by atoms with Crippen LogP contribution in [-0.4, -0.2) is 9.97 Å². The van der Waals surface area contributed by atoms with Crippen LogP contribution >= 0.6 is 0 Å². The van der Waals surface area contributed by atoms with E-state index in [2.05, 4.69) is 22.2 Å². The van der Waals surface area contributed by atoms with Gasteiger partial charge in [-0.05, 0) is 37.1 Å². The summed E-state index contributed by atoms with van der Waals surface area (Å²) in [4.78, 5) is 8.21. The van der Waals surface area contributed by atoms with E-state index < -0.39 is 0 Å². The number of nitrogens with one attached hydrogen (secondary N) is 1. The quantitative estimate of drug-likeness (QED) is 0.886. The van der Waals surface area contributed by atoms with E-state index >= 15 is 0 Å². The molecule has 0 aliphatic carbocycles. The van der Waals surface area contributed by atoms with Crippen molar-refractivity contribution in [1.29, 1.82) is 0 Å². The number of aryl methyl sites for hydroxylation is 1. The minimum absolute atomic E-state index is 0.221. The molecule has 3 N–H and O–H groups in total. The Morgan fingerprint density at radius 2 is 2.11 bits per heavy atom. The van der Waals surface area contributed by atoms with Crippen LogP contribution in [0, 0.1) is 12.7 Å². The van der Waals surface area contributed by atoms with Gasteiger partial charge in [0.05, 0.1) is 0 Å². The van der Waals surface area contributed by atoms with E-state index in [-0.39, 0.29) is 5.82 Å². The molecule has 1 heterocycles. The third-order valence-electron chi connectivity index (χ3n) is 2.90. The zero-order valence-corrected chi connectivity index (χ0v) is 11.1. The first-order chi connectivity index (χ1) is 9.11. The van der Waals surface area contributed by atoms with Crippen LogP contribution in [0.2, 0.25) is 0 Å². The lowest BCUT2D eigenvalue weighted by molar-refractivity contribution is 0.619. The number of hydrogen-bond donors (Lipinski definition) is 2. The van der Waals surface area contributed by atoms with Crippen molar-refractivity contribution in [3.63, 3.8) is 0 Å². The first-order valence-corrected chi connectivity index (χ1v) is 6.24. The van der Waals surface area contributed by atoms with Gasteiger partial charge in [-0.25, -0.2) is 14.4 Å². The summed E-state index contributed by atoms with van der Waals surface area (Å²) < 4.78 is 13.2. The average molecular weight is 260 g/mol. The summed E-state index contributed by atoms with van der Waals surface area (Å²) >= 11 is 0. The molecule has 0 saturated heterocycles. The predicted octanol–water partition coefficient (Wildman–Crippen LogP) is 3.20. The Bertz CT molecular complexity index is 584. The molecular formula is C14H17FN4. The molecule has 1 aromatic carbocycles. The molecule has 0 fully saturated rings. The van der Waals surface area contributed by atoms with Crippen LogP contribution in [0.5, 0.6) is 0 Å². The maximum Gasteiger partial charge on any atom is 0.139 e. The highest BCUT2D eigenvalue weighted by molar-refractivity contribution is 5.64. The Morgan fingerprint density at radius 1 is 1.32 bits per heavy atom. The van der Waals surface area contributed by atoms with Gasteiger partial charge in [0.1, 0.15) is 23.8 Å². The van der Waals surface area contributed by atoms with Crippen molar-refractivity contribution in [2.24, 2.45) is 0 Å². The molecule has 0 bridgehead atoms. The maximum absolute atomic E-state index is 13.2. The van der Waals surface area contributed by atoms with E-state index in [4.69, 9.17) is 5.73 Å². The maximum atomic E-state index is 13.2. The van der Waals surface area contributed by atoms with Crippen LogP contribution in [0.1, 0.15) is 24.5 Å². The van der Waals surface area contributed by atoms with Gasteiger partial charge in [-0.2, -0.15) is 0 Å². The number of nitrogens with zero attached hydrogens (tertiary/aromatic N) is 2. The molecule has 5 heteroatoms. The molecule has 4 nitrogen and oxygen atoms in total. The van der Waals surface area contributed by atoms with E-state index in [0.717, 1.165) is 24.1 Å². The second kappa shape index (κ2) is 5.65. The van der Waals surface area contributed by atoms with Gasteiger partial charge in [0.25, 0.3) is 0 Å². The monoisotopic (exact) mass is 260 g/mol. The molecule has 100 valence electrons. The van der Waals surface area contributed by atoms with E-state index in [0.29, 0.717) is 17.2 Å². The molecule has 2 rings (SSSR count). The molecule has 1 aromatic heterocycles. The van der Waals surface area contributed by atoms with E-state index in [9.17, 15) is 4.39 Å². The van der Waals surface area contributed by atoms with Gasteiger partial charge < -0.3 is 11.1 Å². The van der Waals surface area contributed by atoms with Crippen LogP contribution in [0.25, 0.3) is 0 Å². The van der Waals surface area contributed by atoms with Crippen LogP contribution in [0.3, 0.4) is 0 Å². The number of benzene rings is 1. The number of hydrogen-bond acceptors (Lipinski definition) is 4. The lowest BCUT2D eigenvalue weighted by Gasteiger charge is -2.12. The van der Waals surface area contributed by atoms with Crippen LogP contribution in [-0.2, 0) is 6.42 Å². The van der Waals surface area contributed by atoms with Gasteiger partial charge in [0.2, 0.25) is 0 Å². The molecule has 0 aliphatic heterocycles. The van der Waals surface area contributed by atoms with Gasteiger partial charge in [-0.3, -0.25) is 0 Å². The van der Waals surface area contributed by atoms with Gasteiger partial charge in [0.15, 0.2) is 0 Å². The molecule has 0 unspecified atom stereocenters. The van der Waals surface area contributed by atoms with Gasteiger partial charge in [-0.15, -0.1) is 0 Å². The second-order valence-corrected chi connectivity index (χ2v) is 4.43. The smallest absolute Gasteiger partial charge is 0.139 e. The third-order valence-corrected chi connectivity index (χ3v) is 2.90. The summed E-state index contributed by atoms with van der Waals surface area (Å²) in [7, 11) is 0. The summed E-state index contributed by atoms with van der Waals surface area (Å²) in [5.41, 5.74) is 8.13. The van der Waals surface area contributed by atoms with Crippen molar-refractivity contribution in [2.45, 2.75) is 26.7 Å². The van der Waals surface area contributed by atoms with Gasteiger partial charge >= 0.3 is 0 Å². The number of anilines is 3. The van der Waals surface area contributed by atoms with E-state index in [1.165, 1.54) is 12.4 Å². The van der Waals surface area contributed by atoms with Crippen LogP contribution < -0.4 is 11.1 Å². The first-order valence-electron chi connectivity index (χ1n) is 6.24. The molecule has 0 spiro atoms. The van der Waals surface area contributed by atoms with Crippen molar-refractivity contribution < 1.29 is 4.39 Å². The Labute approximate surface area is 111 Å². The lowest BCUT2D eigenvalue weighted by Crippen LogP contribution is -2.05. The van der Waals surface area contributed by atoms with Crippen LogP contribution in [0.4, 0.5) is 21.7 Å². The van der Waals surface area contributed by atoms with Gasteiger partial charge in [-0.1, -0.05) is 13.3 Å². The number of aromatic nitrogens is 2. The molecule has 2 aromatic rings. The predicted molar refractivity (Wildman–Crippen MR) is 74.9 cm³/mol. The van der Waals surface area contributed by atoms with Crippen molar-refractivity contribution in [2.75, 3.05) is 11.1 Å². The number of halogens is 1.